The Morgan fingerprint density at radius 3 is 1.47 bits per heavy atom. The van der Waals surface area contributed by atoms with E-state index in [2.05, 4.69) is 108 Å². The van der Waals surface area contributed by atoms with Gasteiger partial charge in [0.15, 0.2) is 18.2 Å². The van der Waals surface area contributed by atoms with Gasteiger partial charge in [0.1, 0.15) is 0 Å². The molecule has 0 atom stereocenters. The first-order valence-electron chi connectivity index (χ1n) is 11.7. The normalized spacial score (nSPS) is 15.2. The lowest BCUT2D eigenvalue weighted by atomic mass is 9.55. The lowest BCUT2D eigenvalue weighted by molar-refractivity contribution is -0.705. The SMILES string of the molecule is O=C1c2ccccc2C2(c3ccccc31)c1ccccc1C([n+]1ccccc1)c1ccccc12. The first kappa shape index (κ1) is 19.2. The maximum Gasteiger partial charge on any atom is 0.209 e. The second kappa shape index (κ2) is 7.10. The van der Waals surface area contributed by atoms with E-state index in [4.69, 9.17) is 0 Å². The van der Waals surface area contributed by atoms with Crippen molar-refractivity contribution in [3.8, 4) is 0 Å². The lowest BCUT2D eigenvalue weighted by Gasteiger charge is -2.46. The highest BCUT2D eigenvalue weighted by atomic mass is 16.1. The fourth-order valence-electron chi connectivity index (χ4n) is 6.26. The molecule has 0 N–H and O–H groups in total. The highest BCUT2D eigenvalue weighted by Crippen LogP contribution is 2.56. The fraction of sp³-hybridized carbons (Fsp3) is 0.0625. The molecule has 0 saturated carbocycles. The molecular weight excluding hydrogens is 414 g/mol. The van der Waals surface area contributed by atoms with E-state index < -0.39 is 5.41 Å². The van der Waals surface area contributed by atoms with Crippen molar-refractivity contribution in [1.29, 1.82) is 0 Å². The molecule has 0 aliphatic heterocycles. The Balaban J connectivity index is 1.69. The van der Waals surface area contributed by atoms with Crippen LogP contribution in [-0.2, 0) is 5.41 Å². The molecule has 0 unspecified atom stereocenters. The Morgan fingerprint density at radius 1 is 0.500 bits per heavy atom. The number of ketones is 1. The van der Waals surface area contributed by atoms with E-state index in [1.807, 2.05) is 24.3 Å². The molecule has 160 valence electrons. The van der Waals surface area contributed by atoms with Crippen LogP contribution >= 0.6 is 0 Å². The number of aromatic nitrogens is 1. The number of hydrogen-bond donors (Lipinski definition) is 0. The van der Waals surface area contributed by atoms with Gasteiger partial charge < -0.3 is 0 Å². The Morgan fingerprint density at radius 2 is 0.941 bits per heavy atom. The summed E-state index contributed by atoms with van der Waals surface area (Å²) in [6, 6.07) is 40.1. The van der Waals surface area contributed by atoms with Gasteiger partial charge in [-0.3, -0.25) is 4.79 Å². The van der Waals surface area contributed by atoms with Gasteiger partial charge in [0.05, 0.1) is 5.41 Å². The molecule has 0 radical (unpaired) electrons. The quantitative estimate of drug-likeness (QED) is 0.296. The number of carbonyl (C=O) groups is 1. The summed E-state index contributed by atoms with van der Waals surface area (Å²) in [5.41, 5.74) is 8.15. The third-order valence-electron chi connectivity index (χ3n) is 7.51. The van der Waals surface area contributed by atoms with E-state index in [0.29, 0.717) is 0 Å². The lowest BCUT2D eigenvalue weighted by Crippen LogP contribution is -2.48. The van der Waals surface area contributed by atoms with Crippen LogP contribution in [-0.4, -0.2) is 5.78 Å². The molecule has 1 spiro atoms. The predicted molar refractivity (Wildman–Crippen MR) is 132 cm³/mol. The van der Waals surface area contributed by atoms with Crippen molar-refractivity contribution in [3.63, 3.8) is 0 Å². The predicted octanol–water partition coefficient (Wildman–Crippen LogP) is 5.85. The van der Waals surface area contributed by atoms with Crippen LogP contribution in [0.1, 0.15) is 55.3 Å². The highest BCUT2D eigenvalue weighted by molar-refractivity contribution is 6.14. The molecule has 2 aliphatic carbocycles. The van der Waals surface area contributed by atoms with Crippen LogP contribution < -0.4 is 4.57 Å². The Bertz CT molecular complexity index is 1490. The topological polar surface area (TPSA) is 20.9 Å². The first-order chi connectivity index (χ1) is 16.8. The average molecular weight is 437 g/mol. The molecule has 0 bridgehead atoms. The minimum Gasteiger partial charge on any atom is -0.289 e. The first-order valence-corrected chi connectivity index (χ1v) is 11.7. The molecule has 2 aliphatic rings. The largest absolute Gasteiger partial charge is 0.289 e. The van der Waals surface area contributed by atoms with E-state index in [1.165, 1.54) is 22.3 Å². The van der Waals surface area contributed by atoms with Crippen molar-refractivity contribution in [1.82, 2.24) is 0 Å². The zero-order chi connectivity index (χ0) is 22.7. The molecule has 0 fully saturated rings. The van der Waals surface area contributed by atoms with Crippen LogP contribution in [0.2, 0.25) is 0 Å². The van der Waals surface area contributed by atoms with Crippen LogP contribution in [0.15, 0.2) is 128 Å². The number of carbonyl (C=O) groups excluding carboxylic acids is 1. The van der Waals surface area contributed by atoms with E-state index in [1.54, 1.807) is 0 Å². The van der Waals surface area contributed by atoms with Crippen molar-refractivity contribution in [2.75, 3.05) is 0 Å². The van der Waals surface area contributed by atoms with Gasteiger partial charge in [0.2, 0.25) is 6.04 Å². The van der Waals surface area contributed by atoms with Gasteiger partial charge in [-0.25, -0.2) is 0 Å². The Labute approximate surface area is 198 Å². The average Bonchev–Trinajstić information content (AvgIpc) is 2.91. The molecule has 1 aromatic heterocycles. The zero-order valence-corrected chi connectivity index (χ0v) is 18.6. The molecule has 7 rings (SSSR count). The smallest absolute Gasteiger partial charge is 0.209 e. The minimum absolute atomic E-state index is 0.0520. The molecule has 1 heterocycles. The van der Waals surface area contributed by atoms with Gasteiger partial charge in [-0.2, -0.15) is 4.57 Å². The molecule has 2 nitrogen and oxygen atoms in total. The van der Waals surface area contributed by atoms with Crippen molar-refractivity contribution in [3.05, 3.63) is 172 Å². The van der Waals surface area contributed by atoms with E-state index in [0.717, 1.165) is 22.3 Å². The van der Waals surface area contributed by atoms with Crippen molar-refractivity contribution < 1.29 is 9.36 Å². The van der Waals surface area contributed by atoms with Gasteiger partial charge >= 0.3 is 0 Å². The summed E-state index contributed by atoms with van der Waals surface area (Å²) in [5, 5.41) is 0. The fourth-order valence-corrected chi connectivity index (χ4v) is 6.26. The molecular formula is C32H22NO+. The molecule has 0 amide bonds. The van der Waals surface area contributed by atoms with Gasteiger partial charge in [-0.1, -0.05) is 103 Å². The number of hydrogen-bond acceptors (Lipinski definition) is 1. The summed E-state index contributed by atoms with van der Waals surface area (Å²) in [6.07, 6.45) is 4.28. The molecule has 2 heteroatoms. The number of benzene rings is 4. The van der Waals surface area contributed by atoms with E-state index in [-0.39, 0.29) is 11.8 Å². The summed E-state index contributed by atoms with van der Waals surface area (Å²) in [4.78, 5) is 13.6. The molecule has 34 heavy (non-hydrogen) atoms. The van der Waals surface area contributed by atoms with Gasteiger partial charge in [0, 0.05) is 34.4 Å². The van der Waals surface area contributed by atoms with Gasteiger partial charge in [-0.05, 0) is 22.3 Å². The second-order valence-corrected chi connectivity index (χ2v) is 9.07. The maximum atomic E-state index is 13.6. The second-order valence-electron chi connectivity index (χ2n) is 9.07. The Kier molecular flexibility index (Phi) is 4.01. The summed E-state index contributed by atoms with van der Waals surface area (Å²) in [7, 11) is 0. The van der Waals surface area contributed by atoms with Crippen molar-refractivity contribution >= 4 is 5.78 Å². The van der Waals surface area contributed by atoms with Crippen LogP contribution in [0.5, 0.6) is 0 Å². The third-order valence-corrected chi connectivity index (χ3v) is 7.51. The minimum atomic E-state index is -0.555. The van der Waals surface area contributed by atoms with Crippen LogP contribution in [0.4, 0.5) is 0 Å². The van der Waals surface area contributed by atoms with Crippen LogP contribution in [0, 0.1) is 0 Å². The zero-order valence-electron chi connectivity index (χ0n) is 18.6. The monoisotopic (exact) mass is 436 g/mol. The summed E-state index contributed by atoms with van der Waals surface area (Å²) in [6.45, 7) is 0. The standard InChI is InChI=1S/C32H22NO/c34-31-24-14-4-8-18-28(24)32(29-19-9-5-15-25(29)31)26-16-6-2-12-22(26)30(33-20-10-1-11-21-33)23-13-3-7-17-27(23)32/h1-21,30H/q+1. The molecule has 4 aromatic carbocycles. The summed E-state index contributed by atoms with van der Waals surface area (Å²) >= 11 is 0. The number of nitrogens with zero attached hydrogens (tertiary/aromatic N) is 1. The molecule has 0 saturated heterocycles. The molecule has 5 aromatic rings. The van der Waals surface area contributed by atoms with Crippen LogP contribution in [0.3, 0.4) is 0 Å². The van der Waals surface area contributed by atoms with Crippen molar-refractivity contribution in [2.45, 2.75) is 11.5 Å². The van der Waals surface area contributed by atoms with Crippen LogP contribution in [0.25, 0.3) is 0 Å². The third kappa shape index (κ3) is 2.35. The summed E-state index contributed by atoms with van der Waals surface area (Å²) < 4.78 is 2.29. The highest BCUT2D eigenvalue weighted by Gasteiger charge is 2.53. The number of fused-ring (bicyclic) bond motifs is 8. The maximum absolute atomic E-state index is 13.6. The van der Waals surface area contributed by atoms with Gasteiger partial charge in [0.25, 0.3) is 0 Å². The van der Waals surface area contributed by atoms with Crippen molar-refractivity contribution in [2.24, 2.45) is 0 Å². The summed E-state index contributed by atoms with van der Waals surface area (Å²) in [5.74, 6) is 0.103. The van der Waals surface area contributed by atoms with E-state index >= 15 is 0 Å². The van der Waals surface area contributed by atoms with Gasteiger partial charge in [-0.15, -0.1) is 0 Å². The number of pyridine rings is 1. The number of rotatable bonds is 1. The Hall–Kier alpha value is -4.30. The van der Waals surface area contributed by atoms with E-state index in [9.17, 15) is 4.79 Å².